The van der Waals surface area contributed by atoms with Crippen LogP contribution in [0.2, 0.25) is 0 Å². The molecule has 0 spiro atoms. The number of aromatic carboxylic acids is 2. The van der Waals surface area contributed by atoms with Crippen LogP contribution in [0.15, 0.2) is 49.6 Å². The minimum absolute atomic E-state index is 0.0648. The molecular formula is C28H38N2O7. The maximum Gasteiger partial charge on any atom is 0.338 e. The molecule has 9 nitrogen and oxygen atoms in total. The molecule has 202 valence electrons. The van der Waals surface area contributed by atoms with E-state index in [0.29, 0.717) is 16.9 Å². The van der Waals surface area contributed by atoms with Gasteiger partial charge in [0, 0.05) is 45.4 Å². The highest BCUT2D eigenvalue weighted by atomic mass is 16.4. The molecule has 5 N–H and O–H groups in total. The Labute approximate surface area is 218 Å². The molecule has 0 bridgehead atoms. The molecule has 1 aliphatic rings. The van der Waals surface area contributed by atoms with Crippen LogP contribution in [-0.4, -0.2) is 71.8 Å². The third-order valence-corrected chi connectivity index (χ3v) is 6.15. The minimum Gasteiger partial charge on any atom is -0.508 e. The number of hydrogen-bond donors (Lipinski definition) is 5. The van der Waals surface area contributed by atoms with Crippen LogP contribution in [0.5, 0.6) is 0 Å². The Bertz CT molecular complexity index is 1100. The number of benzene rings is 2. The van der Waals surface area contributed by atoms with Crippen LogP contribution >= 0.6 is 0 Å². The first-order valence-electron chi connectivity index (χ1n) is 11.9. The average Bonchev–Trinajstić information content (AvgIpc) is 2.89. The van der Waals surface area contributed by atoms with Crippen LogP contribution in [0.3, 0.4) is 0 Å². The van der Waals surface area contributed by atoms with Gasteiger partial charge in [-0.1, -0.05) is 50.8 Å². The van der Waals surface area contributed by atoms with E-state index in [1.54, 1.807) is 43.3 Å². The Balaban J connectivity index is 0.000000360. The second-order valence-corrected chi connectivity index (χ2v) is 8.64. The van der Waals surface area contributed by atoms with E-state index in [1.807, 2.05) is 6.07 Å². The molecule has 1 aliphatic heterocycles. The van der Waals surface area contributed by atoms with Crippen molar-refractivity contribution in [1.82, 2.24) is 0 Å². The average molecular weight is 515 g/mol. The van der Waals surface area contributed by atoms with Gasteiger partial charge in [-0.2, -0.15) is 0 Å². The topological polar surface area (TPSA) is 142 Å². The highest BCUT2D eigenvalue weighted by molar-refractivity contribution is 6.00. The van der Waals surface area contributed by atoms with Crippen molar-refractivity contribution in [3.05, 3.63) is 71.8 Å². The Morgan fingerprint density at radius 3 is 1.73 bits per heavy atom. The van der Waals surface area contributed by atoms with Crippen molar-refractivity contribution >= 4 is 34.8 Å². The predicted molar refractivity (Wildman–Crippen MR) is 148 cm³/mol. The molecule has 1 saturated heterocycles. The number of aliphatic hydroxyl groups is 3. The number of anilines is 2. The summed E-state index contributed by atoms with van der Waals surface area (Å²) in [5.74, 6) is -1.81. The van der Waals surface area contributed by atoms with E-state index < -0.39 is 11.9 Å². The summed E-state index contributed by atoms with van der Waals surface area (Å²) in [5.41, 5.74) is 1.97. The number of carboxylic acids is 2. The minimum atomic E-state index is -1.08. The second-order valence-electron chi connectivity index (χ2n) is 8.64. The smallest absolute Gasteiger partial charge is 0.338 e. The number of rotatable bonds is 7. The first-order valence-corrected chi connectivity index (χ1v) is 11.9. The number of piperidine rings is 1. The van der Waals surface area contributed by atoms with E-state index in [9.17, 15) is 24.9 Å². The Kier molecular flexibility index (Phi) is 12.2. The number of hydrogen-bond acceptors (Lipinski definition) is 7. The summed E-state index contributed by atoms with van der Waals surface area (Å²) in [6.45, 7) is 10.7. The van der Waals surface area contributed by atoms with Gasteiger partial charge < -0.3 is 35.3 Å². The zero-order valence-electron chi connectivity index (χ0n) is 21.9. The van der Waals surface area contributed by atoms with Gasteiger partial charge in [-0.25, -0.2) is 9.59 Å². The van der Waals surface area contributed by atoms with Gasteiger partial charge in [0.2, 0.25) is 0 Å². The molecule has 0 atom stereocenters. The summed E-state index contributed by atoms with van der Waals surface area (Å²) >= 11 is 0. The summed E-state index contributed by atoms with van der Waals surface area (Å²) in [5, 5.41) is 44.4. The molecule has 2 aromatic rings. The summed E-state index contributed by atoms with van der Waals surface area (Å²) in [6.07, 6.45) is 3.34. The van der Waals surface area contributed by atoms with Gasteiger partial charge in [0.25, 0.3) is 0 Å². The molecule has 9 heteroatoms. The summed E-state index contributed by atoms with van der Waals surface area (Å²) in [7, 11) is 4.48. The maximum absolute atomic E-state index is 11.5. The van der Waals surface area contributed by atoms with Crippen LogP contribution in [-0.2, 0) is 0 Å². The lowest BCUT2D eigenvalue weighted by atomic mass is 9.93. The van der Waals surface area contributed by atoms with Gasteiger partial charge in [-0.15, -0.1) is 0 Å². The Morgan fingerprint density at radius 2 is 1.32 bits per heavy atom. The van der Waals surface area contributed by atoms with Crippen LogP contribution in [0, 0.1) is 5.92 Å². The zero-order chi connectivity index (χ0) is 28.3. The fraction of sp³-hybridized carbons (Fsp3) is 0.357. The fourth-order valence-electron chi connectivity index (χ4n) is 4.23. The van der Waals surface area contributed by atoms with Gasteiger partial charge in [0.1, 0.15) is 11.5 Å². The fourth-order valence-corrected chi connectivity index (χ4v) is 4.23. The molecule has 0 saturated carbocycles. The van der Waals surface area contributed by atoms with Crippen molar-refractivity contribution in [1.29, 1.82) is 0 Å². The normalized spacial score (nSPS) is 12.8. The third-order valence-electron chi connectivity index (χ3n) is 6.15. The molecule has 1 fully saturated rings. The van der Waals surface area contributed by atoms with Crippen molar-refractivity contribution in [2.45, 2.75) is 26.2 Å². The van der Waals surface area contributed by atoms with E-state index in [-0.39, 0.29) is 28.2 Å². The van der Waals surface area contributed by atoms with Crippen molar-refractivity contribution in [2.75, 3.05) is 44.1 Å². The second kappa shape index (κ2) is 14.5. The predicted octanol–water partition coefficient (Wildman–Crippen LogP) is 5.13. The largest absolute Gasteiger partial charge is 0.508 e. The molecule has 37 heavy (non-hydrogen) atoms. The van der Waals surface area contributed by atoms with Crippen LogP contribution in [0.1, 0.15) is 58.0 Å². The quantitative estimate of drug-likeness (QED) is 0.318. The van der Waals surface area contributed by atoms with Crippen molar-refractivity contribution < 1.29 is 35.1 Å². The molecule has 0 unspecified atom stereocenters. The van der Waals surface area contributed by atoms with E-state index in [2.05, 4.69) is 25.0 Å². The van der Waals surface area contributed by atoms with E-state index in [0.717, 1.165) is 39.0 Å². The Morgan fingerprint density at radius 1 is 0.865 bits per heavy atom. The van der Waals surface area contributed by atoms with E-state index >= 15 is 0 Å². The lowest BCUT2D eigenvalue weighted by Crippen LogP contribution is -2.34. The van der Waals surface area contributed by atoms with Crippen molar-refractivity contribution in [3.63, 3.8) is 0 Å². The molecule has 0 amide bonds. The monoisotopic (exact) mass is 514 g/mol. The van der Waals surface area contributed by atoms with Crippen LogP contribution < -0.4 is 9.80 Å². The van der Waals surface area contributed by atoms with Gasteiger partial charge >= 0.3 is 11.9 Å². The first-order chi connectivity index (χ1) is 17.5. The zero-order valence-corrected chi connectivity index (χ0v) is 21.9. The van der Waals surface area contributed by atoms with Gasteiger partial charge in [-0.3, -0.25) is 0 Å². The number of nitrogens with zero attached hydrogens (tertiary/aromatic N) is 2. The van der Waals surface area contributed by atoms with Gasteiger partial charge in [0.05, 0.1) is 22.5 Å². The standard InChI is InChI=1S/C16H21NO3.C11H13NO3.CH4O/c1-3-12-7-9-17(10-8-12)14-6-4-5-13(11(2)18)15(14)16(19)20;1-7(13)8-5-4-6-9(12(2)3)10(8)11(14)15;1-2/h4-6,12,18H,2-3,7-10H2,1H3,(H,19,20);4-6,13H,1H2,2-3H3,(H,14,15);2H,1H3. The number of carbonyl (C=O) groups is 2. The van der Waals surface area contributed by atoms with Crippen LogP contribution in [0.4, 0.5) is 11.4 Å². The molecule has 2 aromatic carbocycles. The van der Waals surface area contributed by atoms with Crippen LogP contribution in [0.25, 0.3) is 11.5 Å². The summed E-state index contributed by atoms with van der Waals surface area (Å²) in [4.78, 5) is 26.4. The maximum atomic E-state index is 11.5. The summed E-state index contributed by atoms with van der Waals surface area (Å²) < 4.78 is 0. The first kappa shape index (κ1) is 31.1. The molecule has 0 aromatic heterocycles. The lowest BCUT2D eigenvalue weighted by Gasteiger charge is -2.34. The lowest BCUT2D eigenvalue weighted by molar-refractivity contribution is 0.0686. The number of carboxylic acid groups (broad SMARTS) is 2. The Hall–Kier alpha value is -3.98. The summed E-state index contributed by atoms with van der Waals surface area (Å²) in [6, 6.07) is 10.0. The molecule has 0 radical (unpaired) electrons. The third kappa shape index (κ3) is 8.01. The highest BCUT2D eigenvalue weighted by Crippen LogP contribution is 2.31. The van der Waals surface area contributed by atoms with E-state index in [4.69, 9.17) is 10.2 Å². The van der Waals surface area contributed by atoms with Crippen molar-refractivity contribution in [2.24, 2.45) is 5.92 Å². The van der Waals surface area contributed by atoms with E-state index in [1.165, 1.54) is 12.5 Å². The van der Waals surface area contributed by atoms with Crippen molar-refractivity contribution in [3.8, 4) is 0 Å². The number of aliphatic hydroxyl groups excluding tert-OH is 3. The molecular weight excluding hydrogens is 476 g/mol. The molecule has 0 aliphatic carbocycles. The molecule has 3 rings (SSSR count). The SMILES string of the molecule is C=C(O)c1cccc(N(C)C)c1C(=O)O.C=C(O)c1cccc(N2CCC(CC)CC2)c1C(=O)O.CO. The van der Waals surface area contributed by atoms with Gasteiger partial charge in [-0.05, 0) is 30.9 Å². The highest BCUT2D eigenvalue weighted by Gasteiger charge is 2.24. The molecule has 1 heterocycles. The van der Waals surface area contributed by atoms with Gasteiger partial charge in [0.15, 0.2) is 0 Å².